The van der Waals surface area contributed by atoms with Crippen molar-refractivity contribution in [2.24, 2.45) is 0 Å². The Morgan fingerprint density at radius 3 is 1.21 bits per heavy atom. The Morgan fingerprint density at radius 1 is 0.250 bits per heavy atom. The van der Waals surface area contributed by atoms with Crippen molar-refractivity contribution in [1.82, 2.24) is 0 Å². The summed E-state index contributed by atoms with van der Waals surface area (Å²) in [6, 6.07) is 148. The van der Waals surface area contributed by atoms with Crippen molar-refractivity contribution in [1.29, 1.82) is 0 Å². The van der Waals surface area contributed by atoms with Gasteiger partial charge >= 0.3 is 0 Å². The molecule has 0 atom stereocenters. The molecule has 0 bridgehead atoms. The van der Waals surface area contributed by atoms with E-state index in [0.29, 0.717) is 0 Å². The Balaban J connectivity index is 0.000000170. The molecule has 1 spiro atoms. The lowest BCUT2D eigenvalue weighted by molar-refractivity contribution is 0.669. The molecule has 3 heterocycles. The van der Waals surface area contributed by atoms with E-state index in [4.69, 9.17) is 8.83 Å². The molecule has 1 aliphatic heterocycles. The van der Waals surface area contributed by atoms with Crippen LogP contribution in [0.4, 0.5) is 45.5 Å². The first kappa shape index (κ1) is 63.4. The van der Waals surface area contributed by atoms with Crippen LogP contribution in [0.2, 0.25) is 0 Å². The number of anilines is 8. The zero-order chi connectivity index (χ0) is 71.5. The molecule has 508 valence electrons. The van der Waals surface area contributed by atoms with Crippen LogP contribution in [0.3, 0.4) is 0 Å². The van der Waals surface area contributed by atoms with Gasteiger partial charge in [-0.3, -0.25) is 0 Å². The van der Waals surface area contributed by atoms with E-state index in [1.807, 2.05) is 24.3 Å². The van der Waals surface area contributed by atoms with Gasteiger partial charge in [-0.1, -0.05) is 334 Å². The molecule has 17 aromatic carbocycles. The quantitative estimate of drug-likeness (QED) is 0.132. The summed E-state index contributed by atoms with van der Waals surface area (Å²) in [4.78, 5) is 4.94. The second-order valence-corrected chi connectivity index (χ2v) is 27.8. The van der Waals surface area contributed by atoms with Gasteiger partial charge in [-0.2, -0.15) is 0 Å². The molecule has 0 radical (unpaired) electrons. The Morgan fingerprint density at radius 2 is 0.630 bits per heavy atom. The predicted molar refractivity (Wildman–Crippen MR) is 450 cm³/mol. The lowest BCUT2D eigenvalue weighted by Gasteiger charge is -2.45. The summed E-state index contributed by atoms with van der Waals surface area (Å²) in [5.41, 5.74) is 33.3. The maximum atomic E-state index is 6.56. The van der Waals surface area contributed by atoms with Crippen molar-refractivity contribution < 1.29 is 8.83 Å². The van der Waals surface area contributed by atoms with Crippen LogP contribution >= 0.6 is 0 Å². The minimum Gasteiger partial charge on any atom is -0.455 e. The van der Waals surface area contributed by atoms with Gasteiger partial charge in [0, 0.05) is 72.1 Å². The number of benzene rings is 17. The van der Waals surface area contributed by atoms with Crippen LogP contribution in [0.25, 0.3) is 122 Å². The molecule has 2 aliphatic rings. The first-order valence-corrected chi connectivity index (χ1v) is 36.9. The molecule has 0 saturated heterocycles. The second-order valence-electron chi connectivity index (χ2n) is 27.8. The first-order valence-electron chi connectivity index (χ1n) is 36.9. The molecule has 19 aromatic rings. The van der Waals surface area contributed by atoms with Crippen molar-refractivity contribution in [2.45, 2.75) is 5.41 Å². The van der Waals surface area contributed by atoms with Crippen LogP contribution in [0.1, 0.15) is 22.3 Å². The Hall–Kier alpha value is -14.3. The summed E-state index contributed by atoms with van der Waals surface area (Å²) in [6.45, 7) is 0. The van der Waals surface area contributed by atoms with Crippen molar-refractivity contribution in [3.05, 3.63) is 435 Å². The lowest BCUT2D eigenvalue weighted by atomic mass is 9.64. The molecule has 0 fully saturated rings. The standard InChI is InChI=1S/C67H44N2O.C36H25NO/c1-3-19-45(20-4-1)46-37-39-47(40-38-46)51-23-8-13-32-60(51)68(50-43-41-48(42-44-50)52-26-17-27-54-53-24-9-16-36-64(53)70-66(52)54)63-35-18-31-59-65(63)55-25-7-10-28-56(55)67(59)57-29-11-14-33-61(57)69(49-21-5-2-6-22-49)62-34-15-12-30-58(62)67;1-2-9-25(10-3-1)26-17-19-27(20-18-26)30-11-4-6-15-34(30)37-29-23-21-28(22-24-29)31-13-8-14-33-32-12-5-7-16-35(32)38-36(31)33/h1-44H;1-24,37H. The number of fused-ring (bicyclic) bond motifs is 15. The molecule has 0 saturated carbocycles. The van der Waals surface area contributed by atoms with Crippen molar-refractivity contribution in [3.63, 3.8) is 0 Å². The van der Waals surface area contributed by atoms with Crippen LogP contribution in [-0.4, -0.2) is 0 Å². The molecule has 21 rings (SSSR count). The van der Waals surface area contributed by atoms with Crippen molar-refractivity contribution in [3.8, 4) is 77.9 Å². The fourth-order valence-electron chi connectivity index (χ4n) is 16.9. The van der Waals surface area contributed by atoms with Gasteiger partial charge in [0.05, 0.1) is 28.2 Å². The van der Waals surface area contributed by atoms with Crippen molar-refractivity contribution in [2.75, 3.05) is 15.1 Å². The van der Waals surface area contributed by atoms with Crippen LogP contribution in [0.5, 0.6) is 0 Å². The number of rotatable bonds is 12. The third-order valence-corrected chi connectivity index (χ3v) is 21.8. The lowest BCUT2D eigenvalue weighted by Crippen LogP contribution is -2.36. The first-order chi connectivity index (χ1) is 53.6. The molecule has 5 heteroatoms. The zero-order valence-corrected chi connectivity index (χ0v) is 59.0. The van der Waals surface area contributed by atoms with Gasteiger partial charge in [-0.25, -0.2) is 0 Å². The number of furan rings is 2. The fourth-order valence-corrected chi connectivity index (χ4v) is 16.9. The Labute approximate surface area is 627 Å². The number of nitrogens with one attached hydrogen (secondary N) is 1. The van der Waals surface area contributed by atoms with Gasteiger partial charge < -0.3 is 24.0 Å². The van der Waals surface area contributed by atoms with Crippen molar-refractivity contribution >= 4 is 89.4 Å². The summed E-state index contributed by atoms with van der Waals surface area (Å²) in [5.74, 6) is 0. The maximum absolute atomic E-state index is 6.56. The van der Waals surface area contributed by atoms with Gasteiger partial charge in [0.15, 0.2) is 0 Å². The summed E-state index contributed by atoms with van der Waals surface area (Å²) in [6.07, 6.45) is 0. The van der Waals surface area contributed by atoms with E-state index in [0.717, 1.165) is 111 Å². The topological polar surface area (TPSA) is 44.8 Å². The molecular weight excluding hydrogens is 1310 g/mol. The highest BCUT2D eigenvalue weighted by Crippen LogP contribution is 2.65. The van der Waals surface area contributed by atoms with Crippen LogP contribution in [-0.2, 0) is 5.41 Å². The monoisotopic (exact) mass is 1380 g/mol. The van der Waals surface area contributed by atoms with Gasteiger partial charge in [0.25, 0.3) is 0 Å². The van der Waals surface area contributed by atoms with E-state index < -0.39 is 5.41 Å². The fraction of sp³-hybridized carbons (Fsp3) is 0.00971. The molecule has 1 aliphatic carbocycles. The van der Waals surface area contributed by atoms with Gasteiger partial charge in [-0.05, 0) is 151 Å². The van der Waals surface area contributed by atoms with Crippen LogP contribution in [0, 0.1) is 0 Å². The predicted octanol–water partition coefficient (Wildman–Crippen LogP) is 28.5. The molecule has 108 heavy (non-hydrogen) atoms. The smallest absolute Gasteiger partial charge is 0.143 e. The number of hydrogen-bond acceptors (Lipinski definition) is 5. The highest BCUT2D eigenvalue weighted by Gasteiger charge is 2.52. The Kier molecular flexibility index (Phi) is 15.7. The molecule has 0 amide bonds. The van der Waals surface area contributed by atoms with E-state index >= 15 is 0 Å². The largest absolute Gasteiger partial charge is 0.455 e. The number of nitrogens with zero attached hydrogens (tertiary/aromatic N) is 2. The average molecular weight is 1380 g/mol. The van der Waals surface area contributed by atoms with E-state index in [2.05, 4.69) is 403 Å². The molecule has 1 N–H and O–H groups in total. The van der Waals surface area contributed by atoms with E-state index in [9.17, 15) is 0 Å². The SMILES string of the molecule is c1ccc(-c2ccc(-c3ccccc3N(c3ccc(-c4cccc5c4oc4ccccc45)cc3)c3cccc4c3-c3ccccc3C43c4ccccc4N(c4ccccc4)c4ccccc43)cc2)cc1.c1ccc(-c2ccc(-c3ccccc3Nc3ccc(-c4cccc5c4oc4ccccc45)cc3)cc2)cc1. The van der Waals surface area contributed by atoms with Crippen LogP contribution in [0.15, 0.2) is 421 Å². The number of hydrogen-bond donors (Lipinski definition) is 1. The zero-order valence-electron chi connectivity index (χ0n) is 59.0. The minimum atomic E-state index is -0.603. The molecule has 5 nitrogen and oxygen atoms in total. The second kappa shape index (κ2) is 26.8. The number of para-hydroxylation sites is 9. The highest BCUT2D eigenvalue weighted by molar-refractivity contribution is 6.11. The summed E-state index contributed by atoms with van der Waals surface area (Å²) in [5, 5.41) is 8.17. The summed E-state index contributed by atoms with van der Waals surface area (Å²) in [7, 11) is 0. The third kappa shape index (κ3) is 10.8. The molecule has 0 unspecified atom stereocenters. The highest BCUT2D eigenvalue weighted by atomic mass is 16.3. The molecular formula is C103H69N3O2. The van der Waals surface area contributed by atoms with E-state index in [1.165, 1.54) is 78.1 Å². The van der Waals surface area contributed by atoms with Gasteiger partial charge in [0.2, 0.25) is 0 Å². The van der Waals surface area contributed by atoms with Gasteiger partial charge in [-0.15, -0.1) is 0 Å². The van der Waals surface area contributed by atoms with E-state index in [1.54, 1.807) is 0 Å². The average Bonchev–Trinajstić information content (AvgIpc) is 1.49. The molecule has 2 aromatic heterocycles. The summed E-state index contributed by atoms with van der Waals surface area (Å²) >= 11 is 0. The maximum Gasteiger partial charge on any atom is 0.143 e. The van der Waals surface area contributed by atoms with E-state index in [-0.39, 0.29) is 0 Å². The minimum absolute atomic E-state index is 0.603. The third-order valence-electron chi connectivity index (χ3n) is 21.8. The Bertz CT molecular complexity index is 6510. The van der Waals surface area contributed by atoms with Crippen LogP contribution < -0.4 is 15.1 Å². The van der Waals surface area contributed by atoms with Gasteiger partial charge in [0.1, 0.15) is 22.3 Å². The normalized spacial score (nSPS) is 12.3. The summed E-state index contributed by atoms with van der Waals surface area (Å²) < 4.78 is 12.8.